The second-order valence-corrected chi connectivity index (χ2v) is 1.68. The number of allylic oxidation sites excluding steroid dienone is 2. The maximum absolute atomic E-state index is 11.6. The van der Waals surface area contributed by atoms with Gasteiger partial charge in [-0.3, -0.25) is 0 Å². The summed E-state index contributed by atoms with van der Waals surface area (Å²) in [6.07, 6.45) is 3.32. The molecule has 0 aromatic carbocycles. The monoisotopic (exact) mass is 129 g/mol. The Morgan fingerprint density at radius 3 is 2.89 bits per heavy atom. The highest BCUT2D eigenvalue weighted by molar-refractivity contribution is 5.13. The lowest BCUT2D eigenvalue weighted by molar-refractivity contribution is 0.550. The summed E-state index contributed by atoms with van der Waals surface area (Å²) in [5, 5.41) is 2.91. The second-order valence-electron chi connectivity index (χ2n) is 1.68. The summed E-state index contributed by atoms with van der Waals surface area (Å²) in [7, 11) is 0. The summed E-state index contributed by atoms with van der Waals surface area (Å²) in [5.41, 5.74) is 0.496. The molecule has 0 heterocycles. The highest BCUT2D eigenvalue weighted by atomic mass is 19.1. The molecule has 1 N–H and O–H groups in total. The molecule has 0 aliphatic heterocycles. The van der Waals surface area contributed by atoms with Crippen LogP contribution in [0, 0.1) is 0 Å². The van der Waals surface area contributed by atoms with Crippen molar-refractivity contribution in [3.8, 4) is 0 Å². The van der Waals surface area contributed by atoms with Crippen molar-refractivity contribution in [1.29, 1.82) is 0 Å². The van der Waals surface area contributed by atoms with E-state index in [4.69, 9.17) is 0 Å². The lowest BCUT2D eigenvalue weighted by atomic mass is 10.3. The van der Waals surface area contributed by atoms with Crippen LogP contribution in [0.1, 0.15) is 6.92 Å². The number of alkyl halides is 1. The Kier molecular flexibility index (Phi) is 4.88. The van der Waals surface area contributed by atoms with Gasteiger partial charge in [0, 0.05) is 6.54 Å². The number of rotatable bonds is 4. The third-order valence-electron chi connectivity index (χ3n) is 0.813. The Morgan fingerprint density at radius 2 is 2.44 bits per heavy atom. The van der Waals surface area contributed by atoms with E-state index in [1.165, 1.54) is 0 Å². The molecular formula is C7H12FN. The average Bonchev–Trinajstić information content (AvgIpc) is 1.89. The molecule has 0 aromatic heterocycles. The molecule has 0 saturated carbocycles. The standard InChI is InChI=1S/C7H12FN/c1-3-9-5-4-7(2)6-8/h4-5,9H,2-3,6H2,1H3/b5-4-. The summed E-state index contributed by atoms with van der Waals surface area (Å²) in [5.74, 6) is 0. The molecule has 52 valence electrons. The first-order chi connectivity index (χ1) is 4.31. The molecule has 0 unspecified atom stereocenters. The Hall–Kier alpha value is -0.790. The van der Waals surface area contributed by atoms with Crippen molar-refractivity contribution >= 4 is 0 Å². The molecule has 0 aromatic rings. The fraction of sp³-hybridized carbons (Fsp3) is 0.429. The van der Waals surface area contributed by atoms with E-state index in [1.54, 1.807) is 12.3 Å². The Labute approximate surface area is 55.3 Å². The van der Waals surface area contributed by atoms with Crippen molar-refractivity contribution in [2.75, 3.05) is 13.2 Å². The van der Waals surface area contributed by atoms with Gasteiger partial charge in [-0.1, -0.05) is 6.58 Å². The number of nitrogens with one attached hydrogen (secondary N) is 1. The largest absolute Gasteiger partial charge is 0.391 e. The average molecular weight is 129 g/mol. The molecular weight excluding hydrogens is 117 g/mol. The van der Waals surface area contributed by atoms with Crippen LogP contribution in [0.5, 0.6) is 0 Å². The van der Waals surface area contributed by atoms with Gasteiger partial charge in [0.25, 0.3) is 0 Å². The fourth-order valence-corrected chi connectivity index (χ4v) is 0.339. The molecule has 0 atom stereocenters. The highest BCUT2D eigenvalue weighted by Crippen LogP contribution is 1.90. The molecule has 0 fully saturated rings. The summed E-state index contributed by atoms with van der Waals surface area (Å²) < 4.78 is 11.6. The first kappa shape index (κ1) is 8.21. The topological polar surface area (TPSA) is 12.0 Å². The number of hydrogen-bond acceptors (Lipinski definition) is 1. The Bertz CT molecular complexity index is 107. The fourth-order valence-electron chi connectivity index (χ4n) is 0.339. The van der Waals surface area contributed by atoms with Gasteiger partial charge in [0.15, 0.2) is 0 Å². The molecule has 0 saturated heterocycles. The lowest BCUT2D eigenvalue weighted by Crippen LogP contribution is -2.01. The van der Waals surface area contributed by atoms with E-state index in [9.17, 15) is 4.39 Å². The van der Waals surface area contributed by atoms with Gasteiger partial charge in [-0.25, -0.2) is 4.39 Å². The van der Waals surface area contributed by atoms with E-state index in [0.717, 1.165) is 6.54 Å². The van der Waals surface area contributed by atoms with Crippen LogP contribution >= 0.6 is 0 Å². The van der Waals surface area contributed by atoms with E-state index in [2.05, 4.69) is 11.9 Å². The third-order valence-corrected chi connectivity index (χ3v) is 0.813. The van der Waals surface area contributed by atoms with Gasteiger partial charge in [-0.15, -0.1) is 0 Å². The van der Waals surface area contributed by atoms with Gasteiger partial charge in [-0.05, 0) is 24.8 Å². The van der Waals surface area contributed by atoms with Crippen LogP contribution in [0.4, 0.5) is 4.39 Å². The van der Waals surface area contributed by atoms with E-state index in [0.29, 0.717) is 5.57 Å². The van der Waals surface area contributed by atoms with Crippen molar-refractivity contribution < 1.29 is 4.39 Å². The van der Waals surface area contributed by atoms with Crippen LogP contribution in [-0.4, -0.2) is 13.2 Å². The molecule has 2 heteroatoms. The van der Waals surface area contributed by atoms with Crippen molar-refractivity contribution in [3.05, 3.63) is 24.4 Å². The molecule has 9 heavy (non-hydrogen) atoms. The van der Waals surface area contributed by atoms with E-state index in [1.807, 2.05) is 6.92 Å². The van der Waals surface area contributed by atoms with E-state index in [-0.39, 0.29) is 0 Å². The number of halogens is 1. The Balaban J connectivity index is 3.32. The Morgan fingerprint density at radius 1 is 1.78 bits per heavy atom. The maximum atomic E-state index is 11.6. The quantitative estimate of drug-likeness (QED) is 0.569. The van der Waals surface area contributed by atoms with Crippen molar-refractivity contribution in [2.24, 2.45) is 0 Å². The lowest BCUT2D eigenvalue weighted by Gasteiger charge is -1.91. The number of hydrogen-bond donors (Lipinski definition) is 1. The van der Waals surface area contributed by atoms with Crippen molar-refractivity contribution in [1.82, 2.24) is 5.32 Å². The SMILES string of the molecule is C=C(/C=C\NCC)CF. The maximum Gasteiger partial charge on any atom is 0.114 e. The van der Waals surface area contributed by atoms with Gasteiger partial charge in [0.1, 0.15) is 6.67 Å². The van der Waals surface area contributed by atoms with Crippen molar-refractivity contribution in [3.63, 3.8) is 0 Å². The van der Waals surface area contributed by atoms with Gasteiger partial charge < -0.3 is 5.32 Å². The van der Waals surface area contributed by atoms with Gasteiger partial charge in [0.2, 0.25) is 0 Å². The molecule has 0 aliphatic carbocycles. The summed E-state index contributed by atoms with van der Waals surface area (Å²) in [4.78, 5) is 0. The predicted molar refractivity (Wildman–Crippen MR) is 37.9 cm³/mol. The third kappa shape index (κ3) is 5.07. The van der Waals surface area contributed by atoms with Gasteiger partial charge in [-0.2, -0.15) is 0 Å². The molecule has 0 rings (SSSR count). The zero-order chi connectivity index (χ0) is 7.11. The van der Waals surface area contributed by atoms with Crippen molar-refractivity contribution in [2.45, 2.75) is 6.92 Å². The molecule has 0 bridgehead atoms. The minimum Gasteiger partial charge on any atom is -0.391 e. The normalized spacial score (nSPS) is 10.0. The summed E-state index contributed by atoms with van der Waals surface area (Å²) in [6.45, 7) is 5.80. The van der Waals surface area contributed by atoms with Crippen LogP contribution in [-0.2, 0) is 0 Å². The highest BCUT2D eigenvalue weighted by Gasteiger charge is 1.80. The van der Waals surface area contributed by atoms with Crippen LogP contribution in [0.15, 0.2) is 24.4 Å². The van der Waals surface area contributed by atoms with E-state index < -0.39 is 6.67 Å². The zero-order valence-corrected chi connectivity index (χ0v) is 5.65. The van der Waals surface area contributed by atoms with Crippen LogP contribution in [0.3, 0.4) is 0 Å². The van der Waals surface area contributed by atoms with Crippen LogP contribution in [0.2, 0.25) is 0 Å². The summed E-state index contributed by atoms with van der Waals surface area (Å²) >= 11 is 0. The van der Waals surface area contributed by atoms with Gasteiger partial charge in [0.05, 0.1) is 0 Å². The first-order valence-corrected chi connectivity index (χ1v) is 2.95. The minimum absolute atomic E-state index is 0.470. The van der Waals surface area contributed by atoms with Gasteiger partial charge >= 0.3 is 0 Å². The molecule has 0 spiro atoms. The second kappa shape index (κ2) is 5.35. The predicted octanol–water partition coefficient (Wildman–Crippen LogP) is 1.64. The molecule has 0 amide bonds. The molecule has 0 radical (unpaired) electrons. The molecule has 1 nitrogen and oxygen atoms in total. The zero-order valence-electron chi connectivity index (χ0n) is 5.65. The summed E-state index contributed by atoms with van der Waals surface area (Å²) in [6, 6.07) is 0. The first-order valence-electron chi connectivity index (χ1n) is 2.95. The van der Waals surface area contributed by atoms with E-state index >= 15 is 0 Å². The smallest absolute Gasteiger partial charge is 0.114 e. The van der Waals surface area contributed by atoms with Crippen LogP contribution < -0.4 is 5.32 Å². The van der Waals surface area contributed by atoms with Crippen LogP contribution in [0.25, 0.3) is 0 Å². The minimum atomic E-state index is -0.470. The molecule has 0 aliphatic rings.